The molecule has 19 heavy (non-hydrogen) atoms. The van der Waals surface area contributed by atoms with E-state index in [0.717, 1.165) is 24.7 Å². The first-order valence-corrected chi connectivity index (χ1v) is 7.81. The van der Waals surface area contributed by atoms with E-state index < -0.39 is 0 Å². The summed E-state index contributed by atoms with van der Waals surface area (Å²) in [6, 6.07) is 9.57. The van der Waals surface area contributed by atoms with E-state index in [-0.39, 0.29) is 12.5 Å². The number of nitrogens with one attached hydrogen (secondary N) is 1. The fourth-order valence-electron chi connectivity index (χ4n) is 1.92. The van der Waals surface area contributed by atoms with Crippen LogP contribution in [0.25, 0.3) is 0 Å². The summed E-state index contributed by atoms with van der Waals surface area (Å²) in [5.74, 6) is -0.0958. The van der Waals surface area contributed by atoms with Gasteiger partial charge in [-0.25, -0.2) is 0 Å². The van der Waals surface area contributed by atoms with E-state index in [1.54, 1.807) is 11.3 Å². The average Bonchev–Trinajstić information content (AvgIpc) is 2.65. The lowest BCUT2D eigenvalue weighted by Gasteiger charge is -2.06. The van der Waals surface area contributed by atoms with Crippen LogP contribution in [-0.2, 0) is 4.79 Å². The Hall–Kier alpha value is -0.920. The van der Waals surface area contributed by atoms with Crippen molar-refractivity contribution in [3.8, 4) is 0 Å². The first-order chi connectivity index (χ1) is 9.15. The lowest BCUT2D eigenvalue weighted by molar-refractivity contribution is -0.114. The van der Waals surface area contributed by atoms with Crippen molar-refractivity contribution in [3.63, 3.8) is 0 Å². The Kier molecular flexibility index (Phi) is 3.60. The van der Waals surface area contributed by atoms with Crippen LogP contribution in [0.4, 0.5) is 5.00 Å². The summed E-state index contributed by atoms with van der Waals surface area (Å²) in [4.78, 5) is 16.1. The van der Waals surface area contributed by atoms with Crippen molar-refractivity contribution < 1.29 is 4.79 Å². The molecule has 2 aromatic rings. The van der Waals surface area contributed by atoms with Gasteiger partial charge in [-0.05, 0) is 34.7 Å². The lowest BCUT2D eigenvalue weighted by atomic mass is 10.0. The molecule has 0 aliphatic carbocycles. The number of anilines is 1. The van der Waals surface area contributed by atoms with E-state index in [9.17, 15) is 4.79 Å². The zero-order valence-corrected chi connectivity index (χ0v) is 13.3. The summed E-state index contributed by atoms with van der Waals surface area (Å²) >= 11 is 10.0. The van der Waals surface area contributed by atoms with E-state index in [1.807, 2.05) is 30.3 Å². The smallest absolute Gasteiger partial charge is 0.246 e. The largest absolute Gasteiger partial charge is 0.315 e. The molecule has 0 radical (unpaired) electrons. The summed E-state index contributed by atoms with van der Waals surface area (Å²) in [5, 5.41) is 4.36. The topological polar surface area (TPSA) is 41.5 Å². The second-order valence-electron chi connectivity index (χ2n) is 3.99. The van der Waals surface area contributed by atoms with Crippen LogP contribution < -0.4 is 5.32 Å². The van der Waals surface area contributed by atoms with Crippen molar-refractivity contribution in [1.29, 1.82) is 0 Å². The average molecular weight is 403 g/mol. The second kappa shape index (κ2) is 5.22. The van der Waals surface area contributed by atoms with Gasteiger partial charge in [-0.15, -0.1) is 11.3 Å². The van der Waals surface area contributed by atoms with E-state index in [2.05, 4.69) is 32.9 Å². The number of halogens is 2. The molecule has 2 heterocycles. The molecule has 1 N–H and O–H groups in total. The molecule has 0 atom stereocenters. The second-order valence-corrected chi connectivity index (χ2v) is 7.34. The van der Waals surface area contributed by atoms with Crippen LogP contribution in [-0.4, -0.2) is 18.2 Å². The first-order valence-electron chi connectivity index (χ1n) is 5.54. The van der Waals surface area contributed by atoms with Crippen molar-refractivity contribution in [3.05, 3.63) is 49.4 Å². The minimum Gasteiger partial charge on any atom is -0.315 e. The highest BCUT2D eigenvalue weighted by molar-refractivity contribution is 14.1. The van der Waals surface area contributed by atoms with Crippen LogP contribution in [0, 0.1) is 2.88 Å². The van der Waals surface area contributed by atoms with Crippen LogP contribution in [0.1, 0.15) is 11.1 Å². The summed E-state index contributed by atoms with van der Waals surface area (Å²) in [5.41, 5.74) is 2.57. The van der Waals surface area contributed by atoms with Gasteiger partial charge in [-0.3, -0.25) is 9.79 Å². The molecular formula is C13H8ClIN2OS. The Morgan fingerprint density at radius 1 is 1.32 bits per heavy atom. The number of hydrogen-bond donors (Lipinski definition) is 1. The third-order valence-corrected chi connectivity index (χ3v) is 4.86. The van der Waals surface area contributed by atoms with Gasteiger partial charge in [0.15, 0.2) is 0 Å². The molecule has 3 rings (SSSR count). The highest BCUT2D eigenvalue weighted by Crippen LogP contribution is 2.33. The van der Waals surface area contributed by atoms with Gasteiger partial charge < -0.3 is 5.32 Å². The molecular weight excluding hydrogens is 395 g/mol. The van der Waals surface area contributed by atoms with Crippen molar-refractivity contribution in [2.24, 2.45) is 4.99 Å². The van der Waals surface area contributed by atoms with Crippen LogP contribution >= 0.6 is 45.5 Å². The van der Waals surface area contributed by atoms with Crippen molar-refractivity contribution >= 4 is 62.1 Å². The third kappa shape index (κ3) is 2.54. The van der Waals surface area contributed by atoms with E-state index in [0.29, 0.717) is 5.02 Å². The molecule has 3 nitrogen and oxygen atoms in total. The Bertz CT molecular complexity index is 696. The van der Waals surface area contributed by atoms with Crippen LogP contribution in [0.5, 0.6) is 0 Å². The van der Waals surface area contributed by atoms with Gasteiger partial charge in [-0.1, -0.05) is 29.8 Å². The van der Waals surface area contributed by atoms with Gasteiger partial charge in [-0.2, -0.15) is 0 Å². The van der Waals surface area contributed by atoms with Gasteiger partial charge in [0.05, 0.1) is 8.60 Å². The normalized spacial score (nSPS) is 14.4. The Balaban J connectivity index is 2.20. The molecule has 0 bridgehead atoms. The predicted molar refractivity (Wildman–Crippen MR) is 87.6 cm³/mol. The number of fused-ring (bicyclic) bond motifs is 1. The summed E-state index contributed by atoms with van der Waals surface area (Å²) < 4.78 is 1.10. The number of hydrogen-bond acceptors (Lipinski definition) is 3. The van der Waals surface area contributed by atoms with E-state index in [4.69, 9.17) is 11.6 Å². The Labute approximate surface area is 132 Å². The quantitative estimate of drug-likeness (QED) is 0.725. The summed E-state index contributed by atoms with van der Waals surface area (Å²) in [6.45, 7) is 0.124. The highest BCUT2D eigenvalue weighted by Gasteiger charge is 2.21. The van der Waals surface area contributed by atoms with Crippen molar-refractivity contribution in [2.45, 2.75) is 0 Å². The number of rotatable bonds is 1. The van der Waals surface area contributed by atoms with Crippen LogP contribution in [0.2, 0.25) is 5.02 Å². The molecule has 1 aliphatic heterocycles. The molecule has 0 saturated carbocycles. The van der Waals surface area contributed by atoms with Gasteiger partial charge in [0.1, 0.15) is 11.5 Å². The lowest BCUT2D eigenvalue weighted by Crippen LogP contribution is -2.12. The minimum absolute atomic E-state index is 0.0958. The molecule has 0 saturated heterocycles. The zero-order valence-electron chi connectivity index (χ0n) is 9.61. The standard InChI is InChI=1S/C13H8ClIN2OS/c14-9-4-2-1-3-7(9)12-8-5-10(15)19-13(8)17-11(18)6-16-12/h1-5H,6H2,(H,17,18). The van der Waals surface area contributed by atoms with Gasteiger partial charge in [0, 0.05) is 16.1 Å². The molecule has 1 aromatic heterocycles. The zero-order chi connectivity index (χ0) is 13.4. The maximum atomic E-state index is 11.7. The number of amides is 1. The molecule has 0 unspecified atom stereocenters. The number of carbonyl (C=O) groups excluding carboxylic acids is 1. The molecule has 96 valence electrons. The van der Waals surface area contributed by atoms with Gasteiger partial charge in [0.25, 0.3) is 0 Å². The monoisotopic (exact) mass is 402 g/mol. The maximum Gasteiger partial charge on any atom is 0.246 e. The third-order valence-electron chi connectivity index (χ3n) is 2.72. The first kappa shape index (κ1) is 13.1. The fraction of sp³-hybridized carbons (Fsp3) is 0.0769. The van der Waals surface area contributed by atoms with Crippen LogP contribution in [0.3, 0.4) is 0 Å². The molecule has 0 spiro atoms. The van der Waals surface area contributed by atoms with Gasteiger partial charge in [0.2, 0.25) is 5.91 Å². The molecule has 0 fully saturated rings. The van der Waals surface area contributed by atoms with Crippen molar-refractivity contribution in [2.75, 3.05) is 11.9 Å². The maximum absolute atomic E-state index is 11.7. The SMILES string of the molecule is O=C1CN=C(c2ccccc2Cl)c2cc(I)sc2N1. The minimum atomic E-state index is -0.0958. The summed E-state index contributed by atoms with van der Waals surface area (Å²) in [6.07, 6.45) is 0. The number of carbonyl (C=O) groups is 1. The van der Waals surface area contributed by atoms with Crippen LogP contribution in [0.15, 0.2) is 35.3 Å². The number of benzene rings is 1. The predicted octanol–water partition coefficient (Wildman–Crippen LogP) is 3.80. The fourth-order valence-corrected chi connectivity index (χ4v) is 3.91. The van der Waals surface area contributed by atoms with Gasteiger partial charge >= 0.3 is 0 Å². The molecule has 1 aromatic carbocycles. The number of thiophene rings is 1. The Morgan fingerprint density at radius 2 is 2.11 bits per heavy atom. The Morgan fingerprint density at radius 3 is 2.89 bits per heavy atom. The molecule has 1 aliphatic rings. The van der Waals surface area contributed by atoms with E-state index >= 15 is 0 Å². The van der Waals surface area contributed by atoms with E-state index in [1.165, 1.54) is 0 Å². The molecule has 6 heteroatoms. The molecule has 1 amide bonds. The number of aliphatic imine (C=N–C) groups is 1. The summed E-state index contributed by atoms with van der Waals surface area (Å²) in [7, 11) is 0. The highest BCUT2D eigenvalue weighted by atomic mass is 127. The van der Waals surface area contributed by atoms with Crippen molar-refractivity contribution in [1.82, 2.24) is 0 Å². The number of nitrogens with zero attached hydrogens (tertiary/aromatic N) is 1.